The first-order valence-electron chi connectivity index (χ1n) is 9.39. The molecule has 3 aromatic rings. The number of fused-ring (bicyclic) bond motifs is 3. The van der Waals surface area contributed by atoms with Crippen LogP contribution in [0.25, 0.3) is 22.5 Å². The fourth-order valence-electron chi connectivity index (χ4n) is 4.13. The Labute approximate surface area is 159 Å². The second-order valence-electron chi connectivity index (χ2n) is 7.31. The number of aromatic amines is 1. The number of aromatic nitrogens is 2. The molecule has 2 aromatic carbocycles. The maximum Gasteiger partial charge on any atom is 0.211 e. The summed E-state index contributed by atoms with van der Waals surface area (Å²) < 4.78 is 26.0. The number of piperidine rings is 1. The van der Waals surface area contributed by atoms with Gasteiger partial charge in [0.05, 0.1) is 10.6 Å². The molecule has 2 aliphatic heterocycles. The van der Waals surface area contributed by atoms with Gasteiger partial charge in [-0.05, 0) is 37.6 Å². The minimum Gasteiger partial charge on any atom is -0.299 e. The fourth-order valence-corrected chi connectivity index (χ4v) is 5.91. The van der Waals surface area contributed by atoms with Gasteiger partial charge < -0.3 is 0 Å². The van der Waals surface area contributed by atoms with Gasteiger partial charge in [0.25, 0.3) is 0 Å². The molecule has 5 rings (SSSR count). The van der Waals surface area contributed by atoms with Crippen molar-refractivity contribution < 1.29 is 8.42 Å². The van der Waals surface area contributed by atoms with Crippen molar-refractivity contribution in [3.05, 3.63) is 54.1 Å². The van der Waals surface area contributed by atoms with Crippen LogP contribution < -0.4 is 0 Å². The van der Waals surface area contributed by atoms with E-state index in [0.717, 1.165) is 25.2 Å². The number of nitrogens with zero attached hydrogens (tertiary/aromatic N) is 2. The highest BCUT2D eigenvalue weighted by Crippen LogP contribution is 2.45. The first-order chi connectivity index (χ1) is 13.1. The summed E-state index contributed by atoms with van der Waals surface area (Å²) in [6.45, 7) is 3.26. The van der Waals surface area contributed by atoms with Crippen molar-refractivity contribution in [3.8, 4) is 22.5 Å². The van der Waals surface area contributed by atoms with Gasteiger partial charge in [0, 0.05) is 17.7 Å². The highest BCUT2D eigenvalue weighted by atomic mass is 32.2. The van der Waals surface area contributed by atoms with E-state index in [1.807, 2.05) is 24.3 Å². The molecule has 0 spiro atoms. The Balaban J connectivity index is 1.48. The van der Waals surface area contributed by atoms with Crippen molar-refractivity contribution in [2.24, 2.45) is 0 Å². The van der Waals surface area contributed by atoms with E-state index in [1.165, 1.54) is 24.8 Å². The van der Waals surface area contributed by atoms with E-state index in [-0.39, 0.29) is 0 Å². The molecule has 1 N–H and O–H groups in total. The average molecular weight is 379 g/mol. The molecule has 0 amide bonds. The molecule has 3 heterocycles. The molecular formula is C21H21N3O2S. The monoisotopic (exact) mass is 379 g/mol. The lowest BCUT2D eigenvalue weighted by Crippen LogP contribution is -2.28. The van der Waals surface area contributed by atoms with Gasteiger partial charge in [-0.3, -0.25) is 10.00 Å². The van der Waals surface area contributed by atoms with Crippen LogP contribution in [0, 0.1) is 0 Å². The van der Waals surface area contributed by atoms with Gasteiger partial charge in [0.15, 0.2) is 0 Å². The van der Waals surface area contributed by atoms with E-state index in [4.69, 9.17) is 0 Å². The number of benzene rings is 2. The summed E-state index contributed by atoms with van der Waals surface area (Å²) in [6, 6.07) is 15.2. The summed E-state index contributed by atoms with van der Waals surface area (Å²) >= 11 is 0. The molecule has 5 nitrogen and oxygen atoms in total. The van der Waals surface area contributed by atoms with E-state index in [1.54, 1.807) is 12.1 Å². The molecule has 0 radical (unpaired) electrons. The second kappa shape index (κ2) is 6.32. The Morgan fingerprint density at radius 1 is 0.963 bits per heavy atom. The quantitative estimate of drug-likeness (QED) is 0.587. The number of sulfone groups is 1. The van der Waals surface area contributed by atoms with E-state index in [0.29, 0.717) is 26.7 Å². The summed E-state index contributed by atoms with van der Waals surface area (Å²) in [5.41, 5.74) is 3.88. The van der Waals surface area contributed by atoms with Crippen LogP contribution in [0.5, 0.6) is 0 Å². The predicted molar refractivity (Wildman–Crippen MR) is 104 cm³/mol. The van der Waals surface area contributed by atoms with Crippen molar-refractivity contribution in [1.29, 1.82) is 0 Å². The number of likely N-dealkylation sites (tertiary alicyclic amines) is 1. The molecule has 1 saturated heterocycles. The molecule has 0 atom stereocenters. The Morgan fingerprint density at radius 3 is 2.48 bits per heavy atom. The lowest BCUT2D eigenvalue weighted by atomic mass is 10.1. The third kappa shape index (κ3) is 2.71. The smallest absolute Gasteiger partial charge is 0.211 e. The number of hydrogen-bond donors (Lipinski definition) is 1. The average Bonchev–Trinajstić information content (AvgIpc) is 3.23. The number of rotatable bonds is 3. The summed E-state index contributed by atoms with van der Waals surface area (Å²) in [5.74, 6) is 0. The highest BCUT2D eigenvalue weighted by Gasteiger charge is 2.38. The van der Waals surface area contributed by atoms with Crippen molar-refractivity contribution in [2.75, 3.05) is 13.1 Å². The molecule has 2 aliphatic rings. The predicted octanol–water partition coefficient (Wildman–Crippen LogP) is 3.88. The lowest BCUT2D eigenvalue weighted by molar-refractivity contribution is 0.221. The zero-order chi connectivity index (χ0) is 18.4. The minimum absolute atomic E-state index is 0.299. The van der Waals surface area contributed by atoms with Crippen molar-refractivity contribution in [2.45, 2.75) is 35.6 Å². The standard InChI is InChI=1S/C21H21N3O2S/c25-27(26)18-7-3-2-6-17(18)20-21(27)19(22-23-20)16-10-8-15(9-11-16)14-24-12-4-1-5-13-24/h2-3,6-11H,1,4-5,12-14H2,(H,22,23). The summed E-state index contributed by atoms with van der Waals surface area (Å²) in [5, 5.41) is 7.27. The van der Waals surface area contributed by atoms with Crippen LogP contribution in [0.1, 0.15) is 24.8 Å². The van der Waals surface area contributed by atoms with Crippen LogP contribution >= 0.6 is 0 Å². The van der Waals surface area contributed by atoms with Gasteiger partial charge >= 0.3 is 0 Å². The van der Waals surface area contributed by atoms with Crippen molar-refractivity contribution in [1.82, 2.24) is 15.1 Å². The summed E-state index contributed by atoms with van der Waals surface area (Å²) in [7, 11) is -3.54. The zero-order valence-corrected chi connectivity index (χ0v) is 15.8. The Kier molecular flexibility index (Phi) is 3.91. The topological polar surface area (TPSA) is 66.1 Å². The normalized spacial score (nSPS) is 18.2. The first-order valence-corrected chi connectivity index (χ1v) is 10.9. The maximum atomic E-state index is 13.0. The van der Waals surface area contributed by atoms with Gasteiger partial charge in [-0.25, -0.2) is 8.42 Å². The summed E-state index contributed by atoms with van der Waals surface area (Å²) in [4.78, 5) is 3.13. The summed E-state index contributed by atoms with van der Waals surface area (Å²) in [6.07, 6.45) is 3.88. The number of nitrogens with one attached hydrogen (secondary N) is 1. The molecule has 0 unspecified atom stereocenters. The highest BCUT2D eigenvalue weighted by molar-refractivity contribution is 7.92. The van der Waals surface area contributed by atoms with Gasteiger partial charge in [-0.1, -0.05) is 48.9 Å². The third-order valence-corrected chi connectivity index (χ3v) is 7.39. The fraction of sp³-hybridized carbons (Fsp3) is 0.286. The van der Waals surface area contributed by atoms with Crippen LogP contribution in [-0.4, -0.2) is 36.6 Å². The van der Waals surface area contributed by atoms with Crippen LogP contribution in [-0.2, 0) is 16.4 Å². The Hall–Kier alpha value is -2.44. The molecule has 6 heteroatoms. The Bertz CT molecular complexity index is 1090. The largest absolute Gasteiger partial charge is 0.299 e. The molecule has 1 aromatic heterocycles. The number of H-pyrrole nitrogens is 1. The first kappa shape index (κ1) is 16.7. The van der Waals surface area contributed by atoms with E-state index >= 15 is 0 Å². The van der Waals surface area contributed by atoms with Gasteiger partial charge in [-0.2, -0.15) is 5.10 Å². The van der Waals surface area contributed by atoms with Crippen LogP contribution in [0.15, 0.2) is 58.3 Å². The molecule has 0 aliphatic carbocycles. The van der Waals surface area contributed by atoms with Gasteiger partial charge in [0.1, 0.15) is 10.6 Å². The molecular weight excluding hydrogens is 358 g/mol. The van der Waals surface area contributed by atoms with Crippen molar-refractivity contribution in [3.63, 3.8) is 0 Å². The molecule has 0 saturated carbocycles. The van der Waals surface area contributed by atoms with Crippen LogP contribution in [0.2, 0.25) is 0 Å². The third-order valence-electron chi connectivity index (χ3n) is 5.52. The molecule has 0 bridgehead atoms. The lowest BCUT2D eigenvalue weighted by Gasteiger charge is -2.26. The molecule has 1 fully saturated rings. The van der Waals surface area contributed by atoms with E-state index < -0.39 is 9.84 Å². The van der Waals surface area contributed by atoms with E-state index in [2.05, 4.69) is 27.2 Å². The number of hydrogen-bond acceptors (Lipinski definition) is 4. The second-order valence-corrected chi connectivity index (χ2v) is 9.16. The minimum atomic E-state index is -3.54. The van der Waals surface area contributed by atoms with Crippen LogP contribution in [0.4, 0.5) is 0 Å². The maximum absolute atomic E-state index is 13.0. The van der Waals surface area contributed by atoms with Crippen molar-refractivity contribution >= 4 is 9.84 Å². The zero-order valence-electron chi connectivity index (χ0n) is 15.0. The Morgan fingerprint density at radius 2 is 1.70 bits per heavy atom. The molecule has 27 heavy (non-hydrogen) atoms. The molecule has 138 valence electrons. The van der Waals surface area contributed by atoms with Gasteiger partial charge in [-0.15, -0.1) is 0 Å². The van der Waals surface area contributed by atoms with Crippen LogP contribution in [0.3, 0.4) is 0 Å². The van der Waals surface area contributed by atoms with E-state index in [9.17, 15) is 8.42 Å². The van der Waals surface area contributed by atoms with Gasteiger partial charge in [0.2, 0.25) is 9.84 Å². The SMILES string of the molecule is O=S1(=O)c2ccccc2-c2[nH]nc(-c3ccc(CN4CCCCC4)cc3)c21.